The van der Waals surface area contributed by atoms with Crippen LogP contribution in [0.4, 0.5) is 4.39 Å². The Balaban J connectivity index is 0.00000103. The first kappa shape index (κ1) is 24.9. The fourth-order valence-corrected chi connectivity index (χ4v) is 3.46. The zero-order chi connectivity index (χ0) is 24.5. The molecule has 0 saturated carbocycles. The van der Waals surface area contributed by atoms with Gasteiger partial charge in [-0.1, -0.05) is 56.7 Å². The van der Waals surface area contributed by atoms with Crippen LogP contribution in [0.15, 0.2) is 72.8 Å². The lowest BCUT2D eigenvalue weighted by atomic mass is 10.0. The molecule has 0 amide bonds. The summed E-state index contributed by atoms with van der Waals surface area (Å²) in [5.41, 5.74) is 8.69. The van der Waals surface area contributed by atoms with E-state index in [1.807, 2.05) is 55.5 Å². The fourth-order valence-electron chi connectivity index (χ4n) is 3.46. The summed E-state index contributed by atoms with van der Waals surface area (Å²) in [5, 5.41) is 9.86. The summed E-state index contributed by atoms with van der Waals surface area (Å²) in [7, 11) is 0. The van der Waals surface area contributed by atoms with Gasteiger partial charge >= 0.3 is 5.97 Å². The van der Waals surface area contributed by atoms with E-state index in [0.717, 1.165) is 41.8 Å². The molecule has 176 valence electrons. The number of hydrogen-bond acceptors (Lipinski definition) is 4. The Morgan fingerprint density at radius 3 is 2.35 bits per heavy atom. The fraction of sp³-hybridized carbons (Fsp3) is 0.214. The van der Waals surface area contributed by atoms with Gasteiger partial charge in [-0.3, -0.25) is 0 Å². The molecular formula is C28H29FN2O3. The summed E-state index contributed by atoms with van der Waals surface area (Å²) < 4.78 is 19.4. The molecule has 0 radical (unpaired) electrons. The molecule has 3 aromatic carbocycles. The second kappa shape index (κ2) is 11.9. The van der Waals surface area contributed by atoms with Gasteiger partial charge in [-0.05, 0) is 60.5 Å². The Labute approximate surface area is 199 Å². The van der Waals surface area contributed by atoms with Crippen molar-refractivity contribution in [2.45, 2.75) is 26.7 Å². The number of carboxylic acids is 1. The first-order valence-corrected chi connectivity index (χ1v) is 11.3. The number of nitrogens with two attached hydrogens (primary N) is 1. The van der Waals surface area contributed by atoms with Crippen molar-refractivity contribution in [2.75, 3.05) is 13.2 Å². The van der Waals surface area contributed by atoms with Crippen LogP contribution in [0.3, 0.4) is 0 Å². The number of unbranched alkanes of at least 4 members (excludes halogenated alkanes) is 1. The van der Waals surface area contributed by atoms with Crippen molar-refractivity contribution in [3.05, 3.63) is 84.2 Å². The van der Waals surface area contributed by atoms with Crippen molar-refractivity contribution < 1.29 is 19.0 Å². The molecule has 4 aromatic rings. The zero-order valence-electron chi connectivity index (χ0n) is 19.4. The van der Waals surface area contributed by atoms with Crippen LogP contribution in [0.5, 0.6) is 5.75 Å². The lowest BCUT2D eigenvalue weighted by molar-refractivity contribution is 0.0699. The van der Waals surface area contributed by atoms with Crippen LogP contribution in [-0.2, 0) is 0 Å². The van der Waals surface area contributed by atoms with Gasteiger partial charge in [0.15, 0.2) is 0 Å². The highest BCUT2D eigenvalue weighted by Crippen LogP contribution is 2.29. The van der Waals surface area contributed by atoms with E-state index in [4.69, 9.17) is 10.5 Å². The van der Waals surface area contributed by atoms with Gasteiger partial charge in [-0.25, -0.2) is 14.2 Å². The summed E-state index contributed by atoms with van der Waals surface area (Å²) in [6, 6.07) is 21.2. The molecule has 1 aromatic heterocycles. The summed E-state index contributed by atoms with van der Waals surface area (Å²) in [5.74, 6) is -0.768. The number of rotatable bonds is 7. The second-order valence-corrected chi connectivity index (χ2v) is 7.74. The molecule has 0 aliphatic rings. The maximum absolute atomic E-state index is 13.6. The number of benzene rings is 3. The highest BCUT2D eigenvalue weighted by atomic mass is 19.1. The van der Waals surface area contributed by atoms with E-state index in [1.165, 1.54) is 24.3 Å². The zero-order valence-corrected chi connectivity index (χ0v) is 19.4. The van der Waals surface area contributed by atoms with Crippen molar-refractivity contribution in [3.63, 3.8) is 0 Å². The standard InChI is InChI=1S/C26H22FNO3.C2H7N/c1-2-3-13-31-21-6-4-5-19(14-21)17-7-9-18(10-8-17)25-16-23(26(29)30)22-15-20(27)11-12-24(22)28-25;1-2-3/h4-12,14-16H,2-3,13H2,1H3,(H,29,30);2-3H2,1H3. The molecular weight excluding hydrogens is 431 g/mol. The van der Waals surface area contributed by atoms with E-state index in [-0.39, 0.29) is 10.9 Å². The van der Waals surface area contributed by atoms with E-state index < -0.39 is 11.8 Å². The van der Waals surface area contributed by atoms with E-state index in [1.54, 1.807) is 0 Å². The number of ether oxygens (including phenoxy) is 1. The minimum Gasteiger partial charge on any atom is -0.494 e. The molecule has 0 saturated heterocycles. The maximum atomic E-state index is 13.6. The van der Waals surface area contributed by atoms with Gasteiger partial charge in [0.1, 0.15) is 11.6 Å². The highest BCUT2D eigenvalue weighted by Gasteiger charge is 2.14. The van der Waals surface area contributed by atoms with E-state index in [0.29, 0.717) is 17.8 Å². The Hall–Kier alpha value is -3.77. The van der Waals surface area contributed by atoms with Crippen LogP contribution in [0.1, 0.15) is 37.0 Å². The molecule has 0 aliphatic heterocycles. The number of nitrogens with zero attached hydrogens (tertiary/aromatic N) is 1. The first-order valence-electron chi connectivity index (χ1n) is 11.3. The smallest absolute Gasteiger partial charge is 0.336 e. The Morgan fingerprint density at radius 2 is 1.68 bits per heavy atom. The number of carboxylic acid groups (broad SMARTS) is 1. The Morgan fingerprint density at radius 1 is 0.971 bits per heavy atom. The van der Waals surface area contributed by atoms with Crippen LogP contribution in [-0.4, -0.2) is 29.2 Å². The predicted molar refractivity (Wildman–Crippen MR) is 135 cm³/mol. The summed E-state index contributed by atoms with van der Waals surface area (Å²) in [6.45, 7) is 5.48. The third-order valence-corrected chi connectivity index (χ3v) is 5.12. The van der Waals surface area contributed by atoms with Crippen LogP contribution in [0.25, 0.3) is 33.3 Å². The number of fused-ring (bicyclic) bond motifs is 1. The molecule has 4 rings (SSSR count). The Kier molecular flexibility index (Phi) is 8.71. The van der Waals surface area contributed by atoms with Gasteiger partial charge in [-0.15, -0.1) is 0 Å². The largest absolute Gasteiger partial charge is 0.494 e. The average molecular weight is 461 g/mol. The van der Waals surface area contributed by atoms with E-state index in [9.17, 15) is 14.3 Å². The van der Waals surface area contributed by atoms with Crippen LogP contribution in [0.2, 0.25) is 0 Å². The van der Waals surface area contributed by atoms with Crippen LogP contribution in [0, 0.1) is 5.82 Å². The quantitative estimate of drug-likeness (QED) is 0.306. The molecule has 0 unspecified atom stereocenters. The summed E-state index contributed by atoms with van der Waals surface area (Å²) in [4.78, 5) is 16.3. The van der Waals surface area contributed by atoms with Crippen molar-refractivity contribution in [3.8, 4) is 28.1 Å². The Bertz CT molecular complexity index is 1260. The van der Waals surface area contributed by atoms with Gasteiger partial charge < -0.3 is 15.6 Å². The maximum Gasteiger partial charge on any atom is 0.336 e. The predicted octanol–water partition coefficient (Wildman–Crippen LogP) is 6.55. The number of aromatic nitrogens is 1. The summed E-state index contributed by atoms with van der Waals surface area (Å²) >= 11 is 0. The third-order valence-electron chi connectivity index (χ3n) is 5.12. The van der Waals surface area contributed by atoms with E-state index in [2.05, 4.69) is 11.9 Å². The number of pyridine rings is 1. The lowest BCUT2D eigenvalue weighted by Crippen LogP contribution is -2.00. The van der Waals surface area contributed by atoms with Gasteiger partial charge in [0.25, 0.3) is 0 Å². The SMILES string of the molecule is CCCCOc1cccc(-c2ccc(-c3cc(C(=O)O)c4cc(F)ccc4n3)cc2)c1.CCN. The molecule has 0 spiro atoms. The molecule has 0 atom stereocenters. The number of halogens is 1. The van der Waals surface area contributed by atoms with Gasteiger partial charge in [0, 0.05) is 10.9 Å². The first-order chi connectivity index (χ1) is 16.5. The molecule has 5 nitrogen and oxygen atoms in total. The minimum atomic E-state index is -1.12. The molecule has 6 heteroatoms. The molecule has 0 aliphatic carbocycles. The molecule has 1 heterocycles. The number of carbonyl (C=O) groups is 1. The van der Waals surface area contributed by atoms with Gasteiger partial charge in [0.05, 0.1) is 23.4 Å². The molecule has 3 N–H and O–H groups in total. The van der Waals surface area contributed by atoms with Crippen molar-refractivity contribution in [2.24, 2.45) is 5.73 Å². The monoisotopic (exact) mass is 460 g/mol. The topological polar surface area (TPSA) is 85.4 Å². The molecule has 34 heavy (non-hydrogen) atoms. The van der Waals surface area contributed by atoms with Gasteiger partial charge in [0.2, 0.25) is 0 Å². The minimum absolute atomic E-state index is 0.0282. The second-order valence-electron chi connectivity index (χ2n) is 7.74. The van der Waals surface area contributed by atoms with Crippen molar-refractivity contribution in [1.29, 1.82) is 0 Å². The van der Waals surface area contributed by atoms with Crippen LogP contribution < -0.4 is 10.5 Å². The van der Waals surface area contributed by atoms with Gasteiger partial charge in [-0.2, -0.15) is 0 Å². The average Bonchev–Trinajstić information content (AvgIpc) is 2.84. The molecule has 0 fully saturated rings. The summed E-state index contributed by atoms with van der Waals surface area (Å²) in [6.07, 6.45) is 2.10. The molecule has 0 bridgehead atoms. The van der Waals surface area contributed by atoms with Crippen LogP contribution >= 0.6 is 0 Å². The number of aromatic carboxylic acids is 1. The van der Waals surface area contributed by atoms with E-state index >= 15 is 0 Å². The third kappa shape index (κ3) is 6.17. The highest BCUT2D eigenvalue weighted by molar-refractivity contribution is 6.03. The normalized spacial score (nSPS) is 10.5. The van der Waals surface area contributed by atoms with Crippen molar-refractivity contribution >= 4 is 16.9 Å². The number of hydrogen-bond donors (Lipinski definition) is 2. The lowest BCUT2D eigenvalue weighted by Gasteiger charge is -2.10. The van der Waals surface area contributed by atoms with Crippen molar-refractivity contribution in [1.82, 2.24) is 4.98 Å².